The molecule has 2 aromatic carbocycles. The summed E-state index contributed by atoms with van der Waals surface area (Å²) in [4.78, 5) is 0. The summed E-state index contributed by atoms with van der Waals surface area (Å²) in [5, 5.41) is 2.99. The van der Waals surface area contributed by atoms with Crippen LogP contribution in [-0.4, -0.2) is 3.81 Å². The zero-order valence-electron chi connectivity index (χ0n) is 9.80. The summed E-state index contributed by atoms with van der Waals surface area (Å²) in [6.45, 7) is 2.22. The van der Waals surface area contributed by atoms with Crippen molar-refractivity contribution in [2.75, 3.05) is 0 Å². The summed E-state index contributed by atoms with van der Waals surface area (Å²) >= 11 is 2.25. The van der Waals surface area contributed by atoms with E-state index in [1.165, 1.54) is 49.7 Å². The number of hydrogen-bond acceptors (Lipinski definition) is 0. The first kappa shape index (κ1) is 9.99. The first-order valence-electron chi connectivity index (χ1n) is 6.11. The molecule has 0 radical (unpaired) electrons. The predicted octanol–water partition coefficient (Wildman–Crippen LogP) is 3.42. The Bertz CT molecular complexity index is 720. The molecule has 0 spiro atoms. The molecule has 17 heavy (non-hydrogen) atoms. The fourth-order valence-corrected chi connectivity index (χ4v) is 3.65. The Labute approximate surface area is 112 Å². The van der Waals surface area contributed by atoms with Crippen LogP contribution in [0.5, 0.6) is 0 Å². The molecule has 4 rings (SSSR count). The monoisotopic (exact) mass is 252 g/mol. The zero-order valence-corrected chi connectivity index (χ0v) is 11.4. The van der Waals surface area contributed by atoms with E-state index in [2.05, 4.69) is 57.2 Å². The molecule has 0 atom stereocenters. The van der Waals surface area contributed by atoms with Crippen molar-refractivity contribution in [2.45, 2.75) is 19.8 Å². The maximum atomic E-state index is 2.43. The first-order valence-corrected chi connectivity index (χ1v) is 6.89. The molecule has 0 aromatic heterocycles. The fourth-order valence-electron chi connectivity index (χ4n) is 3.21. The molecule has 2 aliphatic rings. The second-order valence-corrected chi connectivity index (χ2v) is 5.82. The normalized spacial score (nSPS) is 16.6. The average molecular weight is 252 g/mol. The predicted molar refractivity (Wildman–Crippen MR) is 69.1 cm³/mol. The Hall–Kier alpha value is -0.976. The van der Waals surface area contributed by atoms with Crippen molar-refractivity contribution < 1.29 is 20.0 Å². The summed E-state index contributed by atoms with van der Waals surface area (Å²) in [6.07, 6.45) is 4.79. The van der Waals surface area contributed by atoms with E-state index in [1.54, 1.807) is 5.56 Å². The molecule has 0 saturated carbocycles. The molecule has 0 saturated heterocycles. The van der Waals surface area contributed by atoms with Crippen LogP contribution in [0.15, 0.2) is 29.8 Å². The summed E-state index contributed by atoms with van der Waals surface area (Å²) in [7, 11) is 0. The SMILES string of the molecule is CC1=Cc2c(cc3c4c(cccc24)CC3)[C]1=[Ti+2]. The molecule has 0 heterocycles. The Morgan fingerprint density at radius 3 is 2.82 bits per heavy atom. The topological polar surface area (TPSA) is 0 Å². The molecule has 78 valence electrons. The van der Waals surface area contributed by atoms with Crippen molar-refractivity contribution in [1.82, 2.24) is 0 Å². The summed E-state index contributed by atoms with van der Waals surface area (Å²) < 4.78 is 1.45. The number of rotatable bonds is 0. The second-order valence-electron chi connectivity index (χ2n) is 5.04. The van der Waals surface area contributed by atoms with Gasteiger partial charge in [0, 0.05) is 0 Å². The molecule has 0 nitrogen and oxygen atoms in total. The quantitative estimate of drug-likeness (QED) is 0.630. The van der Waals surface area contributed by atoms with Crippen LogP contribution in [0, 0.1) is 0 Å². The fraction of sp³-hybridized carbons (Fsp3) is 0.188. The average Bonchev–Trinajstić information content (AvgIpc) is 2.87. The van der Waals surface area contributed by atoms with Crippen LogP contribution in [0.25, 0.3) is 16.8 Å². The van der Waals surface area contributed by atoms with Gasteiger partial charge in [-0.2, -0.15) is 0 Å². The molecular weight excluding hydrogens is 240 g/mol. The van der Waals surface area contributed by atoms with E-state index in [-0.39, 0.29) is 0 Å². The van der Waals surface area contributed by atoms with Gasteiger partial charge in [-0.15, -0.1) is 0 Å². The third kappa shape index (κ3) is 1.20. The van der Waals surface area contributed by atoms with Crippen molar-refractivity contribution in [3.05, 3.63) is 52.1 Å². The third-order valence-corrected chi connectivity index (χ3v) is 5.10. The van der Waals surface area contributed by atoms with E-state index in [0.29, 0.717) is 0 Å². The van der Waals surface area contributed by atoms with Crippen molar-refractivity contribution in [3.63, 3.8) is 0 Å². The van der Waals surface area contributed by atoms with Crippen molar-refractivity contribution in [2.24, 2.45) is 0 Å². The summed E-state index contributed by atoms with van der Waals surface area (Å²) in [6, 6.07) is 9.21. The van der Waals surface area contributed by atoms with Gasteiger partial charge < -0.3 is 0 Å². The summed E-state index contributed by atoms with van der Waals surface area (Å²) in [5.41, 5.74) is 7.42. The van der Waals surface area contributed by atoms with E-state index in [1.807, 2.05) is 0 Å². The van der Waals surface area contributed by atoms with Crippen LogP contribution in [0.4, 0.5) is 0 Å². The van der Waals surface area contributed by atoms with E-state index in [0.717, 1.165) is 0 Å². The van der Waals surface area contributed by atoms with Gasteiger partial charge >= 0.3 is 112 Å². The van der Waals surface area contributed by atoms with E-state index < -0.39 is 0 Å². The van der Waals surface area contributed by atoms with Crippen LogP contribution >= 0.6 is 0 Å². The van der Waals surface area contributed by atoms with Crippen molar-refractivity contribution >= 4 is 20.7 Å². The standard InChI is InChI=1S/C16H12.Ti/c1-10-7-13-9-12-6-5-11-3-2-4-14(16(11)12)15(13)8-10;/h2-4,8-9H,5-6H2,1H3;/q;+2. The van der Waals surface area contributed by atoms with Gasteiger partial charge in [0.05, 0.1) is 0 Å². The number of benzene rings is 2. The van der Waals surface area contributed by atoms with Gasteiger partial charge in [-0.25, -0.2) is 0 Å². The van der Waals surface area contributed by atoms with Crippen LogP contribution in [0.3, 0.4) is 0 Å². The van der Waals surface area contributed by atoms with Crippen LogP contribution < -0.4 is 0 Å². The number of aryl methyl sites for hydroxylation is 2. The molecule has 2 aromatic rings. The van der Waals surface area contributed by atoms with Gasteiger partial charge in [-0.1, -0.05) is 0 Å². The molecule has 2 aliphatic carbocycles. The van der Waals surface area contributed by atoms with Crippen molar-refractivity contribution in [3.8, 4) is 0 Å². The second kappa shape index (κ2) is 3.28. The van der Waals surface area contributed by atoms with Gasteiger partial charge in [0.1, 0.15) is 0 Å². The van der Waals surface area contributed by atoms with Gasteiger partial charge in [-0.05, 0) is 0 Å². The Balaban J connectivity index is 2.23. The number of fused-ring (bicyclic) bond motifs is 2. The Morgan fingerprint density at radius 2 is 1.94 bits per heavy atom. The van der Waals surface area contributed by atoms with Gasteiger partial charge in [0.25, 0.3) is 0 Å². The third-order valence-electron chi connectivity index (χ3n) is 4.06. The molecule has 0 bridgehead atoms. The van der Waals surface area contributed by atoms with Crippen LogP contribution in [0.1, 0.15) is 29.2 Å². The van der Waals surface area contributed by atoms with Gasteiger partial charge in [0.15, 0.2) is 0 Å². The Kier molecular flexibility index (Phi) is 1.93. The molecule has 0 amide bonds. The minimum atomic E-state index is 1.22. The maximum absolute atomic E-state index is 2.43. The molecule has 1 heteroatoms. The van der Waals surface area contributed by atoms with Crippen LogP contribution in [-0.2, 0) is 32.8 Å². The summed E-state index contributed by atoms with van der Waals surface area (Å²) in [5.74, 6) is 0. The minimum absolute atomic E-state index is 1.22. The van der Waals surface area contributed by atoms with Crippen molar-refractivity contribution in [1.29, 1.82) is 0 Å². The van der Waals surface area contributed by atoms with E-state index >= 15 is 0 Å². The van der Waals surface area contributed by atoms with Gasteiger partial charge in [0.2, 0.25) is 0 Å². The zero-order chi connectivity index (χ0) is 11.6. The molecule has 0 aliphatic heterocycles. The van der Waals surface area contributed by atoms with Gasteiger partial charge in [-0.3, -0.25) is 0 Å². The molecule has 0 unspecified atom stereocenters. The first-order chi connectivity index (χ1) is 8.25. The number of allylic oxidation sites excluding steroid dienone is 1. The number of hydrogen-bond donors (Lipinski definition) is 0. The van der Waals surface area contributed by atoms with E-state index in [9.17, 15) is 0 Å². The Morgan fingerprint density at radius 1 is 1.12 bits per heavy atom. The molecular formula is C16H12Ti+2. The van der Waals surface area contributed by atoms with Crippen LogP contribution in [0.2, 0.25) is 0 Å². The molecule has 0 N–H and O–H groups in total. The molecule has 0 fully saturated rings. The van der Waals surface area contributed by atoms with E-state index in [4.69, 9.17) is 0 Å².